The van der Waals surface area contributed by atoms with E-state index < -0.39 is 0 Å². The molecule has 3 atom stereocenters. The summed E-state index contributed by atoms with van der Waals surface area (Å²) in [4.78, 5) is 14.2. The maximum Gasteiger partial charge on any atom is 0.0540 e. The number of fused-ring (bicyclic) bond motifs is 7. The van der Waals surface area contributed by atoms with Crippen LogP contribution in [-0.2, 0) is 0 Å². The summed E-state index contributed by atoms with van der Waals surface area (Å²) in [6, 6.07) is 191. The van der Waals surface area contributed by atoms with Crippen LogP contribution < -0.4 is 29.4 Å². The zero-order valence-electron chi connectivity index (χ0n) is 81.3. The van der Waals surface area contributed by atoms with E-state index in [9.17, 15) is 0 Å². The van der Waals surface area contributed by atoms with Gasteiger partial charge < -0.3 is 29.4 Å². The second-order valence-electron chi connectivity index (χ2n) is 37.1. The van der Waals surface area contributed by atoms with Crippen LogP contribution in [0, 0.1) is 0 Å². The van der Waals surface area contributed by atoms with Crippen molar-refractivity contribution < 1.29 is 0 Å². The maximum atomic E-state index is 2.39. The molecule has 6 nitrogen and oxygen atoms in total. The zero-order chi connectivity index (χ0) is 96.2. The summed E-state index contributed by atoms with van der Waals surface area (Å²) >= 11 is 0. The van der Waals surface area contributed by atoms with E-state index in [1.165, 1.54) is 109 Å². The molecule has 0 radical (unpaired) electrons. The van der Waals surface area contributed by atoms with Crippen LogP contribution in [0.5, 0.6) is 0 Å². The molecule has 23 rings (SSSR count). The second-order valence-corrected chi connectivity index (χ2v) is 37.1. The van der Waals surface area contributed by atoms with Crippen LogP contribution in [0.25, 0.3) is 86.5 Å². The minimum absolute atomic E-state index is 0.525. The topological polar surface area (TPSA) is 19.4 Å². The van der Waals surface area contributed by atoms with Gasteiger partial charge in [-0.3, -0.25) is 0 Å². The third kappa shape index (κ3) is 19.4. The van der Waals surface area contributed by atoms with E-state index >= 15 is 0 Å². The number of rotatable bonds is 25. The summed E-state index contributed by atoms with van der Waals surface area (Å²) in [6.45, 7) is 13.6. The standard InChI is InChI=1S/C48H40N2.C46H38N2.C42H36N2/c1-3-35(2)36-20-25-44(26-21-36)50(48-19-11-17-40-15-9-10-18-47(40)48)45-32-30-43(31-33-45)49(46-29-24-38-14-7-8-16-41(38)34-46)42-27-22-39(23-28-42)37-12-5-4-6-13-37;1-3-33(2)34-19-23-41(24-20-34)48(46-18-10-16-37-13-8-9-17-45(37)46)42-29-27-40(28-30-42)47(43-25-21-35-11-4-6-14-38(35)31-43)44-26-22-36-12-5-7-15-39(36)32-44;1-3-31(2)32-20-23-38(24-21-32)44(42-19-11-15-34-13-9-10-18-41(34)42)39-28-26-37(27-29-39)43(36-16-5-4-6-17-36)40-25-22-33-12-7-8-14-35(33)30-40/h4-35H,3H2,1-2H3;4-33H,3H2,1-2H3;4-31H,3H2,1-2H3. The Morgan fingerprint density at radius 3 is 0.592 bits per heavy atom. The Kier molecular flexibility index (Phi) is 26.9. The van der Waals surface area contributed by atoms with E-state index in [0.29, 0.717) is 17.8 Å². The third-order valence-corrected chi connectivity index (χ3v) is 28.3. The Morgan fingerprint density at radius 2 is 0.324 bits per heavy atom. The fourth-order valence-corrected chi connectivity index (χ4v) is 19.9. The molecule has 0 bridgehead atoms. The fraction of sp³-hybridized carbons (Fsp3) is 0.0882. The Hall–Kier alpha value is -17.3. The number of hydrogen-bond acceptors (Lipinski definition) is 6. The first-order valence-corrected chi connectivity index (χ1v) is 50.0. The van der Waals surface area contributed by atoms with Gasteiger partial charge in [-0.1, -0.05) is 369 Å². The maximum absolute atomic E-state index is 2.39. The van der Waals surface area contributed by atoms with Gasteiger partial charge in [0.2, 0.25) is 0 Å². The molecule has 688 valence electrons. The van der Waals surface area contributed by atoms with Crippen LogP contribution in [0.4, 0.5) is 102 Å². The lowest BCUT2D eigenvalue weighted by Crippen LogP contribution is -2.12. The Morgan fingerprint density at radius 1 is 0.141 bits per heavy atom. The van der Waals surface area contributed by atoms with Crippen molar-refractivity contribution in [1.82, 2.24) is 0 Å². The zero-order valence-corrected chi connectivity index (χ0v) is 81.3. The van der Waals surface area contributed by atoms with Gasteiger partial charge in [0.25, 0.3) is 0 Å². The predicted molar refractivity (Wildman–Crippen MR) is 612 cm³/mol. The van der Waals surface area contributed by atoms with Gasteiger partial charge in [0, 0.05) is 101 Å². The van der Waals surface area contributed by atoms with Crippen LogP contribution in [0.15, 0.2) is 528 Å². The van der Waals surface area contributed by atoms with Crippen molar-refractivity contribution in [2.24, 2.45) is 0 Å². The molecule has 142 heavy (non-hydrogen) atoms. The quantitative estimate of drug-likeness (QED) is 0.0564. The molecule has 0 saturated carbocycles. The van der Waals surface area contributed by atoms with E-state index in [-0.39, 0.29) is 0 Å². The Balaban J connectivity index is 0.000000126. The summed E-state index contributed by atoms with van der Waals surface area (Å²) in [7, 11) is 0. The first-order chi connectivity index (χ1) is 70.0. The number of para-hydroxylation sites is 1. The van der Waals surface area contributed by atoms with Crippen LogP contribution in [-0.4, -0.2) is 0 Å². The van der Waals surface area contributed by atoms with E-state index in [2.05, 4.69) is 599 Å². The molecule has 0 fully saturated rings. The van der Waals surface area contributed by atoms with Crippen molar-refractivity contribution in [3.63, 3.8) is 0 Å². The fourth-order valence-electron chi connectivity index (χ4n) is 19.9. The minimum Gasteiger partial charge on any atom is -0.310 e. The third-order valence-electron chi connectivity index (χ3n) is 28.3. The molecule has 3 unspecified atom stereocenters. The number of benzene rings is 23. The molecule has 0 saturated heterocycles. The monoisotopic (exact) mass is 1830 g/mol. The number of anilines is 18. The summed E-state index contributed by atoms with van der Waals surface area (Å²) < 4.78 is 0. The van der Waals surface area contributed by atoms with Gasteiger partial charge in [0.15, 0.2) is 0 Å². The van der Waals surface area contributed by atoms with Crippen molar-refractivity contribution in [2.75, 3.05) is 29.4 Å². The lowest BCUT2D eigenvalue weighted by molar-refractivity contribution is 0.733. The van der Waals surface area contributed by atoms with Crippen molar-refractivity contribution in [2.45, 2.75) is 78.6 Å². The normalized spacial score (nSPS) is 11.9. The van der Waals surface area contributed by atoms with Gasteiger partial charge in [-0.05, 0) is 324 Å². The molecule has 0 aromatic heterocycles. The second kappa shape index (κ2) is 41.9. The van der Waals surface area contributed by atoms with Gasteiger partial charge in [-0.2, -0.15) is 0 Å². The highest BCUT2D eigenvalue weighted by molar-refractivity contribution is 6.04. The lowest BCUT2D eigenvalue weighted by atomic mass is 9.98. The van der Waals surface area contributed by atoms with E-state index in [0.717, 1.165) is 116 Å². The van der Waals surface area contributed by atoms with Crippen molar-refractivity contribution >= 4 is 178 Å². The SMILES string of the molecule is CCC(C)c1ccc(N(c2ccc(N(c3ccc(-c4ccccc4)cc3)c3ccc4ccccc4c3)cc2)c2cccc3ccccc23)cc1.CCC(C)c1ccc(N(c2ccc(N(c3ccc4ccccc4c3)c3ccc4ccccc4c3)cc2)c2cccc3ccccc23)cc1.CCC(C)c1ccc(N(c2ccc(N(c3ccccc3)c3ccc4ccccc4c3)cc2)c2cccc3ccccc23)cc1. The number of hydrogen-bond donors (Lipinski definition) is 0. The molecule has 0 N–H and O–H groups in total. The van der Waals surface area contributed by atoms with Crippen molar-refractivity contribution in [3.05, 3.63) is 544 Å². The highest BCUT2D eigenvalue weighted by Gasteiger charge is 2.25. The van der Waals surface area contributed by atoms with Crippen LogP contribution in [0.3, 0.4) is 0 Å². The molecular weight excluding hydrogens is 1720 g/mol. The van der Waals surface area contributed by atoms with E-state index in [4.69, 9.17) is 0 Å². The number of nitrogens with zero attached hydrogens (tertiary/aromatic N) is 6. The predicted octanol–water partition coefficient (Wildman–Crippen LogP) is 40.2. The molecule has 0 aliphatic rings. The van der Waals surface area contributed by atoms with Gasteiger partial charge in [-0.25, -0.2) is 0 Å². The average molecular weight is 1830 g/mol. The van der Waals surface area contributed by atoms with Crippen LogP contribution in [0.2, 0.25) is 0 Å². The molecule has 0 amide bonds. The first kappa shape index (κ1) is 91.1. The van der Waals surface area contributed by atoms with Gasteiger partial charge in [0.1, 0.15) is 0 Å². The summed E-state index contributed by atoms with van der Waals surface area (Å²) in [5.74, 6) is 1.59. The van der Waals surface area contributed by atoms with Crippen LogP contribution in [0.1, 0.15) is 95.2 Å². The summed E-state index contributed by atoms with van der Waals surface area (Å²) in [5.41, 5.74) is 26.9. The van der Waals surface area contributed by atoms with Gasteiger partial charge in [0.05, 0.1) is 17.1 Å². The summed E-state index contributed by atoms with van der Waals surface area (Å²) in [5, 5.41) is 17.2. The Bertz CT molecular complexity index is 8180. The first-order valence-electron chi connectivity index (χ1n) is 50.0. The lowest BCUT2D eigenvalue weighted by Gasteiger charge is -2.29. The highest BCUT2D eigenvalue weighted by Crippen LogP contribution is 2.49. The summed E-state index contributed by atoms with van der Waals surface area (Å²) in [6.07, 6.45) is 3.37. The van der Waals surface area contributed by atoms with Gasteiger partial charge >= 0.3 is 0 Å². The van der Waals surface area contributed by atoms with Gasteiger partial charge in [-0.15, -0.1) is 0 Å². The molecule has 6 heteroatoms. The van der Waals surface area contributed by atoms with E-state index in [1.807, 2.05) is 0 Å². The van der Waals surface area contributed by atoms with E-state index in [1.54, 1.807) is 0 Å². The largest absolute Gasteiger partial charge is 0.310 e. The average Bonchev–Trinajstić information content (AvgIpc) is 0.776. The Labute approximate surface area is 835 Å². The molecule has 23 aromatic carbocycles. The molecular formula is C136H114N6. The van der Waals surface area contributed by atoms with Crippen LogP contribution >= 0.6 is 0 Å². The molecule has 0 aliphatic carbocycles. The highest BCUT2D eigenvalue weighted by atomic mass is 15.2. The van der Waals surface area contributed by atoms with Crippen molar-refractivity contribution in [1.29, 1.82) is 0 Å². The van der Waals surface area contributed by atoms with Crippen molar-refractivity contribution in [3.8, 4) is 11.1 Å². The molecule has 0 spiro atoms. The minimum atomic E-state index is 0.525. The molecule has 23 aromatic rings. The molecule has 0 aliphatic heterocycles. The smallest absolute Gasteiger partial charge is 0.0540 e. The molecule has 0 heterocycles.